The Hall–Kier alpha value is -8.15. The largest absolute Gasteiger partial charge is 0.495 e. The van der Waals surface area contributed by atoms with Gasteiger partial charge < -0.3 is 45.5 Å². The number of benzene rings is 4. The van der Waals surface area contributed by atoms with E-state index in [1.807, 2.05) is 67.6 Å². The van der Waals surface area contributed by atoms with Crippen molar-refractivity contribution in [2.24, 2.45) is 7.05 Å². The van der Waals surface area contributed by atoms with Crippen molar-refractivity contribution in [1.29, 1.82) is 0 Å². The van der Waals surface area contributed by atoms with E-state index in [4.69, 9.17) is 4.74 Å². The van der Waals surface area contributed by atoms with Crippen LogP contribution in [0.25, 0.3) is 33.2 Å². The van der Waals surface area contributed by atoms with E-state index >= 15 is 0 Å². The molecule has 0 spiro atoms. The van der Waals surface area contributed by atoms with Crippen molar-refractivity contribution in [1.82, 2.24) is 44.3 Å². The van der Waals surface area contributed by atoms with Gasteiger partial charge in [0.15, 0.2) is 5.52 Å². The highest BCUT2D eigenvalue weighted by atomic mass is 19.4. The number of hydrogen-bond acceptors (Lipinski definition) is 11. The SMILES string of the molecule is CNC(=O)c1ccc(NCC#Cc2cc3c(NC4CCN(CCC(=O)NCc5ccc(-c6c7ncn(CC8(O)CCN(C(=O)C[C@@H](C)c9ccccc9)CC8)c(=O)c7nn6C)cc5)CC4)cccc3n2CC(F)(F)F)c(OC)c1. The number of piperidine rings is 2. The summed E-state index contributed by atoms with van der Waals surface area (Å²) >= 11 is 0. The fourth-order valence-electron chi connectivity index (χ4n) is 10.6. The smallest absolute Gasteiger partial charge is 0.406 e. The fraction of sp³-hybridized carbons (Fsp3) is 0.390. The lowest BCUT2D eigenvalue weighted by Crippen LogP contribution is -2.49. The first-order chi connectivity index (χ1) is 38.0. The topological polar surface area (TPSA) is 193 Å². The van der Waals surface area contributed by atoms with Gasteiger partial charge in [-0.05, 0) is 85.0 Å². The number of carbonyl (C=O) groups excluding carboxylic acids is 3. The lowest BCUT2D eigenvalue weighted by Gasteiger charge is -2.38. The number of nitrogens with one attached hydrogen (secondary N) is 4. The average molecular weight is 1080 g/mol. The lowest BCUT2D eigenvalue weighted by molar-refractivity contribution is -0.140. The zero-order valence-electron chi connectivity index (χ0n) is 44.8. The van der Waals surface area contributed by atoms with Crippen LogP contribution in [0.15, 0.2) is 108 Å². The van der Waals surface area contributed by atoms with Crippen LogP contribution in [-0.4, -0.2) is 128 Å². The van der Waals surface area contributed by atoms with Gasteiger partial charge in [0, 0.05) is 94.4 Å². The highest BCUT2D eigenvalue weighted by Crippen LogP contribution is 2.33. The highest BCUT2D eigenvalue weighted by molar-refractivity contribution is 5.95. The summed E-state index contributed by atoms with van der Waals surface area (Å²) in [4.78, 5) is 60.7. The number of aliphatic hydroxyl groups is 1. The molecule has 2 saturated heterocycles. The zero-order valence-corrected chi connectivity index (χ0v) is 44.8. The molecule has 79 heavy (non-hydrogen) atoms. The van der Waals surface area contributed by atoms with Gasteiger partial charge in [-0.1, -0.05) is 73.5 Å². The Labute approximate surface area is 456 Å². The van der Waals surface area contributed by atoms with Gasteiger partial charge in [0.1, 0.15) is 17.8 Å². The number of rotatable bonds is 18. The fourth-order valence-corrected chi connectivity index (χ4v) is 10.6. The molecule has 4 aromatic carbocycles. The second-order valence-corrected chi connectivity index (χ2v) is 20.6. The van der Waals surface area contributed by atoms with Crippen molar-refractivity contribution in [3.8, 4) is 28.8 Å². The van der Waals surface area contributed by atoms with Gasteiger partial charge in [-0.2, -0.15) is 18.3 Å². The summed E-state index contributed by atoms with van der Waals surface area (Å²) in [5.74, 6) is 6.09. The Morgan fingerprint density at radius 2 is 1.67 bits per heavy atom. The molecule has 7 aromatic rings. The van der Waals surface area contributed by atoms with Gasteiger partial charge in [-0.25, -0.2) is 4.98 Å². The van der Waals surface area contributed by atoms with E-state index in [1.165, 1.54) is 29.6 Å². The molecular formula is C59H66F3N11O6. The zero-order chi connectivity index (χ0) is 55.8. The molecule has 0 unspecified atom stereocenters. The Bertz CT molecular complexity index is 3440. The van der Waals surface area contributed by atoms with Crippen LogP contribution in [0.4, 0.5) is 24.5 Å². The normalized spacial score (nSPS) is 15.3. The molecule has 20 heteroatoms. The minimum Gasteiger partial charge on any atom is -0.495 e. The third kappa shape index (κ3) is 13.4. The van der Waals surface area contributed by atoms with E-state index in [9.17, 15) is 37.5 Å². The molecule has 0 saturated carbocycles. The summed E-state index contributed by atoms with van der Waals surface area (Å²) in [6.45, 7) is 4.17. The minimum atomic E-state index is -4.48. The maximum absolute atomic E-state index is 13.9. The van der Waals surface area contributed by atoms with Crippen LogP contribution in [0.5, 0.6) is 5.75 Å². The van der Waals surface area contributed by atoms with Crippen LogP contribution in [0.2, 0.25) is 0 Å². The number of halogens is 3. The Kier molecular flexibility index (Phi) is 17.1. The van der Waals surface area contributed by atoms with E-state index in [2.05, 4.69) is 48.1 Å². The molecule has 0 aliphatic carbocycles. The number of anilines is 2. The van der Waals surface area contributed by atoms with Gasteiger partial charge in [0.25, 0.3) is 11.5 Å². The molecule has 2 aliphatic heterocycles. The number of aryl methyl sites for hydroxylation is 1. The van der Waals surface area contributed by atoms with Crippen LogP contribution in [0.3, 0.4) is 0 Å². The van der Waals surface area contributed by atoms with Gasteiger partial charge >= 0.3 is 6.18 Å². The first kappa shape index (κ1) is 55.6. The molecule has 2 fully saturated rings. The second kappa shape index (κ2) is 24.3. The van der Waals surface area contributed by atoms with Crippen LogP contribution in [0.1, 0.15) is 78.5 Å². The first-order valence-corrected chi connectivity index (χ1v) is 26.6. The molecule has 0 bridgehead atoms. The highest BCUT2D eigenvalue weighted by Gasteiger charge is 2.36. The molecule has 17 nitrogen and oxygen atoms in total. The van der Waals surface area contributed by atoms with E-state index in [0.717, 1.165) is 48.3 Å². The predicted molar refractivity (Wildman–Crippen MR) is 298 cm³/mol. The van der Waals surface area contributed by atoms with E-state index in [1.54, 1.807) is 53.0 Å². The van der Waals surface area contributed by atoms with Crippen LogP contribution in [-0.2, 0) is 36.3 Å². The third-order valence-corrected chi connectivity index (χ3v) is 15.0. The van der Waals surface area contributed by atoms with Crippen LogP contribution < -0.4 is 31.6 Å². The average Bonchev–Trinajstić information content (AvgIpc) is 4.02. The second-order valence-electron chi connectivity index (χ2n) is 20.6. The number of ether oxygens (including phenoxy) is 1. The number of fused-ring (bicyclic) bond motifs is 2. The van der Waals surface area contributed by atoms with Gasteiger partial charge in [0.05, 0.1) is 54.7 Å². The van der Waals surface area contributed by atoms with Crippen molar-refractivity contribution in [3.63, 3.8) is 0 Å². The number of methoxy groups -OCH3 is 1. The maximum Gasteiger partial charge on any atom is 0.406 e. The number of carbonyl (C=O) groups is 3. The third-order valence-electron chi connectivity index (χ3n) is 15.0. The standard InChI is InChI=1S/C59H66F3N11O6/c1-39(41-10-6-5-7-11-41)32-52(75)71-30-24-58(78,25-31-71)36-72-38-66-53-54(57(72)77)68-69(3)55(53)42-17-15-40(16-18-42)35-65-51(74)23-29-70-27-21-44(22-28-70)67-47-13-8-14-49-46(47)34-45(73(49)37-59(60,61)62)12-9-26-64-48-20-19-43(56(76)63-2)33-50(48)79-4/h5-8,10-11,13-20,33-34,38-39,44,64,67,78H,21-32,35-37H2,1-4H3,(H,63,76)(H,65,74)/t39-/m1/s1. The van der Waals surface area contributed by atoms with Crippen molar-refractivity contribution >= 4 is 51.0 Å². The van der Waals surface area contributed by atoms with E-state index < -0.39 is 18.3 Å². The van der Waals surface area contributed by atoms with E-state index in [-0.39, 0.29) is 59.5 Å². The molecule has 1 atom stereocenters. The van der Waals surface area contributed by atoms with Gasteiger partial charge in [0.2, 0.25) is 11.8 Å². The first-order valence-electron chi connectivity index (χ1n) is 26.6. The van der Waals surface area contributed by atoms with Crippen LogP contribution >= 0.6 is 0 Å². The molecule has 3 aromatic heterocycles. The molecule has 414 valence electrons. The number of amides is 3. The molecule has 0 radical (unpaired) electrons. The minimum absolute atomic E-state index is 0.0352. The summed E-state index contributed by atoms with van der Waals surface area (Å²) < 4.78 is 51.4. The van der Waals surface area contributed by atoms with Crippen molar-refractivity contribution in [2.45, 2.75) is 88.8 Å². The summed E-state index contributed by atoms with van der Waals surface area (Å²) in [7, 11) is 4.76. The molecule has 9 rings (SSSR count). The summed E-state index contributed by atoms with van der Waals surface area (Å²) in [5, 5.41) is 29.0. The molecule has 5 heterocycles. The quantitative estimate of drug-likeness (QED) is 0.0543. The Morgan fingerprint density at radius 3 is 2.38 bits per heavy atom. The van der Waals surface area contributed by atoms with Gasteiger partial charge in [-0.15, -0.1) is 0 Å². The Morgan fingerprint density at radius 1 is 0.924 bits per heavy atom. The summed E-state index contributed by atoms with van der Waals surface area (Å²) in [5.41, 5.74) is 4.90. The molecule has 2 aliphatic rings. The number of alkyl halides is 3. The predicted octanol–water partition coefficient (Wildman–Crippen LogP) is 7.28. The lowest BCUT2D eigenvalue weighted by atomic mass is 9.90. The van der Waals surface area contributed by atoms with Gasteiger partial charge in [-0.3, -0.25) is 28.4 Å². The molecule has 5 N–H and O–H groups in total. The van der Waals surface area contributed by atoms with Crippen molar-refractivity contribution in [3.05, 3.63) is 136 Å². The number of nitrogens with zero attached hydrogens (tertiary/aromatic N) is 7. The summed E-state index contributed by atoms with van der Waals surface area (Å²) in [6.07, 6.45) is -0.102. The monoisotopic (exact) mass is 1080 g/mol. The van der Waals surface area contributed by atoms with Crippen molar-refractivity contribution < 1.29 is 37.4 Å². The van der Waals surface area contributed by atoms with Crippen LogP contribution in [0, 0.1) is 11.8 Å². The number of likely N-dealkylation sites (tertiary alicyclic amines) is 2. The number of hydrogen-bond donors (Lipinski definition) is 5. The summed E-state index contributed by atoms with van der Waals surface area (Å²) in [6, 6.07) is 29.5. The maximum atomic E-state index is 13.9. The molecule has 3 amide bonds. The number of aromatic nitrogens is 5. The Balaban J connectivity index is 0.735. The van der Waals surface area contributed by atoms with E-state index in [0.29, 0.717) is 91.0 Å². The molecular weight excluding hydrogens is 1020 g/mol. The van der Waals surface area contributed by atoms with Crippen molar-refractivity contribution in [2.75, 3.05) is 64.1 Å².